The minimum Gasteiger partial charge on any atom is -0.486 e. The zero-order valence-electron chi connectivity index (χ0n) is 13.8. The first-order valence-electron chi connectivity index (χ1n) is 7.65. The van der Waals surface area contributed by atoms with Crippen LogP contribution in [-0.2, 0) is 0 Å². The molecule has 0 aliphatic heterocycles. The molecule has 23 heavy (non-hydrogen) atoms. The first-order chi connectivity index (χ1) is 10.8. The van der Waals surface area contributed by atoms with Crippen molar-refractivity contribution in [2.45, 2.75) is 26.4 Å². The highest BCUT2D eigenvalue weighted by Gasteiger charge is 2.24. The van der Waals surface area contributed by atoms with Crippen LogP contribution in [0.2, 0.25) is 5.02 Å². The summed E-state index contributed by atoms with van der Waals surface area (Å²) in [5.41, 5.74) is 13.8. The van der Waals surface area contributed by atoms with Gasteiger partial charge in [-0.3, -0.25) is 0 Å². The van der Waals surface area contributed by atoms with Crippen molar-refractivity contribution in [2.75, 3.05) is 29.5 Å². The van der Waals surface area contributed by atoms with Gasteiger partial charge in [-0.05, 0) is 63.2 Å². The van der Waals surface area contributed by atoms with Gasteiger partial charge in [0.2, 0.25) is 0 Å². The molecule has 0 heterocycles. The fraction of sp³-hybridized carbons (Fsp3) is 0.333. The van der Waals surface area contributed by atoms with E-state index in [1.165, 1.54) is 0 Å². The van der Waals surface area contributed by atoms with Gasteiger partial charge in [-0.1, -0.05) is 11.6 Å². The molecule has 0 bridgehead atoms. The van der Waals surface area contributed by atoms with Crippen LogP contribution in [0, 0.1) is 0 Å². The van der Waals surface area contributed by atoms with E-state index in [0.29, 0.717) is 22.9 Å². The van der Waals surface area contributed by atoms with Gasteiger partial charge in [0, 0.05) is 17.3 Å². The van der Waals surface area contributed by atoms with Crippen LogP contribution in [0.15, 0.2) is 42.5 Å². The summed E-state index contributed by atoms with van der Waals surface area (Å²) >= 11 is 5.91. The van der Waals surface area contributed by atoms with Crippen molar-refractivity contribution < 1.29 is 4.74 Å². The third-order valence-corrected chi connectivity index (χ3v) is 3.81. The molecular formula is C18H24ClN3O. The van der Waals surface area contributed by atoms with Gasteiger partial charge in [0.25, 0.3) is 0 Å². The van der Waals surface area contributed by atoms with Gasteiger partial charge in [-0.25, -0.2) is 0 Å². The Labute approximate surface area is 143 Å². The lowest BCUT2D eigenvalue weighted by atomic mass is 10.1. The van der Waals surface area contributed by atoms with E-state index in [1.807, 2.05) is 36.4 Å². The maximum Gasteiger partial charge on any atom is 0.121 e. The second-order valence-corrected chi connectivity index (χ2v) is 6.58. The molecule has 124 valence electrons. The van der Waals surface area contributed by atoms with E-state index in [9.17, 15) is 0 Å². The Morgan fingerprint density at radius 2 is 1.74 bits per heavy atom. The summed E-state index contributed by atoms with van der Waals surface area (Å²) in [4.78, 5) is 2.19. The minimum absolute atomic E-state index is 0.391. The van der Waals surface area contributed by atoms with E-state index in [-0.39, 0.29) is 0 Å². The average molecular weight is 334 g/mol. The van der Waals surface area contributed by atoms with E-state index >= 15 is 0 Å². The summed E-state index contributed by atoms with van der Waals surface area (Å²) in [5.74, 6) is 0.792. The van der Waals surface area contributed by atoms with Crippen molar-refractivity contribution in [1.29, 1.82) is 0 Å². The van der Waals surface area contributed by atoms with E-state index in [0.717, 1.165) is 18.0 Å². The van der Waals surface area contributed by atoms with E-state index in [1.54, 1.807) is 6.07 Å². The molecule has 2 rings (SSSR count). The molecule has 0 amide bonds. The molecule has 2 aromatic carbocycles. The molecule has 0 fully saturated rings. The van der Waals surface area contributed by atoms with Gasteiger partial charge in [0.15, 0.2) is 0 Å². The number of nitrogen functional groups attached to an aromatic ring is 2. The molecule has 0 radical (unpaired) electrons. The topological polar surface area (TPSA) is 64.5 Å². The molecule has 5 heteroatoms. The number of rotatable bonds is 6. The number of likely N-dealkylation sites (N-methyl/N-ethyl adjacent to an activating group) is 1. The third kappa shape index (κ3) is 4.70. The van der Waals surface area contributed by atoms with E-state index < -0.39 is 5.60 Å². The SMILES string of the molecule is CCN(CC(C)(C)Oc1ccc(Cl)cc1)c1ccc(N)cc1N. The normalized spacial score (nSPS) is 11.3. The summed E-state index contributed by atoms with van der Waals surface area (Å²) in [5, 5.41) is 0.694. The van der Waals surface area contributed by atoms with Crippen LogP contribution in [0.1, 0.15) is 20.8 Å². The highest BCUT2D eigenvalue weighted by Crippen LogP contribution is 2.28. The summed E-state index contributed by atoms with van der Waals surface area (Å²) in [6, 6.07) is 13.0. The molecule has 2 aromatic rings. The lowest BCUT2D eigenvalue weighted by Crippen LogP contribution is -2.43. The number of hydrogen-bond donors (Lipinski definition) is 2. The Bertz CT molecular complexity index is 656. The summed E-state index contributed by atoms with van der Waals surface area (Å²) in [6.07, 6.45) is 0. The second-order valence-electron chi connectivity index (χ2n) is 6.15. The van der Waals surface area contributed by atoms with Crippen LogP contribution in [0.3, 0.4) is 0 Å². The largest absolute Gasteiger partial charge is 0.486 e. The van der Waals surface area contributed by atoms with Gasteiger partial charge >= 0.3 is 0 Å². The molecule has 0 unspecified atom stereocenters. The maximum atomic E-state index is 6.11. The Morgan fingerprint density at radius 3 is 2.30 bits per heavy atom. The summed E-state index contributed by atoms with van der Waals surface area (Å²) in [6.45, 7) is 7.71. The Hall–Kier alpha value is -2.07. The van der Waals surface area contributed by atoms with Crippen LogP contribution in [-0.4, -0.2) is 18.7 Å². The van der Waals surface area contributed by atoms with Crippen LogP contribution in [0.25, 0.3) is 0 Å². The number of halogens is 1. The summed E-state index contributed by atoms with van der Waals surface area (Å²) < 4.78 is 6.11. The zero-order chi connectivity index (χ0) is 17.0. The minimum atomic E-state index is -0.391. The van der Waals surface area contributed by atoms with Crippen molar-refractivity contribution in [2.24, 2.45) is 0 Å². The monoisotopic (exact) mass is 333 g/mol. The third-order valence-electron chi connectivity index (χ3n) is 3.55. The Morgan fingerprint density at radius 1 is 1.09 bits per heavy atom. The highest BCUT2D eigenvalue weighted by molar-refractivity contribution is 6.30. The Balaban J connectivity index is 2.14. The molecule has 4 N–H and O–H groups in total. The molecule has 0 saturated carbocycles. The number of ether oxygens (including phenoxy) is 1. The van der Waals surface area contributed by atoms with Crippen LogP contribution < -0.4 is 21.1 Å². The zero-order valence-corrected chi connectivity index (χ0v) is 14.6. The number of nitrogens with zero attached hydrogens (tertiary/aromatic N) is 1. The van der Waals surface area contributed by atoms with Crippen molar-refractivity contribution in [1.82, 2.24) is 0 Å². The van der Waals surface area contributed by atoms with E-state index in [2.05, 4.69) is 25.7 Å². The number of hydrogen-bond acceptors (Lipinski definition) is 4. The molecule has 0 aromatic heterocycles. The maximum absolute atomic E-state index is 6.11. The molecule has 0 spiro atoms. The first-order valence-corrected chi connectivity index (χ1v) is 8.03. The van der Waals surface area contributed by atoms with Gasteiger partial charge in [-0.2, -0.15) is 0 Å². The average Bonchev–Trinajstić information content (AvgIpc) is 2.47. The van der Waals surface area contributed by atoms with Crippen molar-refractivity contribution >= 4 is 28.7 Å². The smallest absolute Gasteiger partial charge is 0.121 e. The van der Waals surface area contributed by atoms with Gasteiger partial charge < -0.3 is 21.1 Å². The van der Waals surface area contributed by atoms with Crippen LogP contribution in [0.4, 0.5) is 17.1 Å². The summed E-state index contributed by atoms with van der Waals surface area (Å²) in [7, 11) is 0. The van der Waals surface area contributed by atoms with E-state index in [4.69, 9.17) is 27.8 Å². The number of nitrogens with two attached hydrogens (primary N) is 2. The number of anilines is 3. The first kappa shape index (κ1) is 17.3. The lowest BCUT2D eigenvalue weighted by Gasteiger charge is -2.34. The molecule has 4 nitrogen and oxygen atoms in total. The Kier molecular flexibility index (Phi) is 5.26. The van der Waals surface area contributed by atoms with Crippen molar-refractivity contribution in [3.63, 3.8) is 0 Å². The van der Waals surface area contributed by atoms with Crippen molar-refractivity contribution in [3.05, 3.63) is 47.5 Å². The quantitative estimate of drug-likeness (QED) is 0.778. The van der Waals surface area contributed by atoms with Crippen LogP contribution in [0.5, 0.6) is 5.75 Å². The molecule has 0 aliphatic carbocycles. The molecule has 0 atom stereocenters. The van der Waals surface area contributed by atoms with Crippen molar-refractivity contribution in [3.8, 4) is 5.75 Å². The molecular weight excluding hydrogens is 310 g/mol. The second kappa shape index (κ2) is 7.01. The highest BCUT2D eigenvalue weighted by atomic mass is 35.5. The van der Waals surface area contributed by atoms with Gasteiger partial charge in [-0.15, -0.1) is 0 Å². The predicted octanol–water partition coefficient (Wildman–Crippen LogP) is 4.19. The molecule has 0 saturated heterocycles. The fourth-order valence-electron chi connectivity index (χ4n) is 2.54. The van der Waals surface area contributed by atoms with Crippen LogP contribution >= 0.6 is 11.6 Å². The lowest BCUT2D eigenvalue weighted by molar-refractivity contribution is 0.116. The van der Waals surface area contributed by atoms with Gasteiger partial charge in [0.05, 0.1) is 17.9 Å². The molecule has 0 aliphatic rings. The predicted molar refractivity (Wildman–Crippen MR) is 99.3 cm³/mol. The number of benzene rings is 2. The van der Waals surface area contributed by atoms with Gasteiger partial charge in [0.1, 0.15) is 11.4 Å². The standard InChI is InChI=1S/C18H24ClN3O/c1-4-22(17-10-7-14(20)11-16(17)21)12-18(2,3)23-15-8-5-13(19)6-9-15/h5-11H,4,12,20-21H2,1-3H3. The fourth-order valence-corrected chi connectivity index (χ4v) is 2.67.